The summed E-state index contributed by atoms with van der Waals surface area (Å²) in [4.78, 5) is 8.25. The van der Waals surface area contributed by atoms with E-state index < -0.39 is 0 Å². The Morgan fingerprint density at radius 2 is 2.07 bits per heavy atom. The van der Waals surface area contributed by atoms with Crippen molar-refractivity contribution in [3.63, 3.8) is 0 Å². The van der Waals surface area contributed by atoms with Crippen LogP contribution in [-0.4, -0.2) is 16.5 Å². The molecule has 1 aromatic heterocycles. The molecule has 14 heavy (non-hydrogen) atoms. The normalized spacial score (nSPS) is 9.43. The summed E-state index contributed by atoms with van der Waals surface area (Å²) in [5.41, 5.74) is 0. The third-order valence-electron chi connectivity index (χ3n) is 1.65. The van der Waals surface area contributed by atoms with E-state index >= 15 is 0 Å². The Morgan fingerprint density at radius 1 is 1.36 bits per heavy atom. The van der Waals surface area contributed by atoms with Gasteiger partial charge in [-0.25, -0.2) is 9.97 Å². The standard InChI is InChI=1S/C10H12IN3/c1-2-3-4-5-6-12-10-13-7-9(11)8-14-10/h1,7-8H,3-6H2,(H,12,13,14). The van der Waals surface area contributed by atoms with Crippen LogP contribution in [0.3, 0.4) is 0 Å². The molecule has 1 N–H and O–H groups in total. The first kappa shape index (κ1) is 11.2. The Kier molecular flexibility index (Phi) is 5.30. The molecule has 74 valence electrons. The molecule has 0 fully saturated rings. The second-order valence-electron chi connectivity index (χ2n) is 2.81. The van der Waals surface area contributed by atoms with Crippen molar-refractivity contribution in [2.45, 2.75) is 19.3 Å². The lowest BCUT2D eigenvalue weighted by molar-refractivity contribution is 0.784. The summed E-state index contributed by atoms with van der Waals surface area (Å²) in [6.45, 7) is 0.877. The summed E-state index contributed by atoms with van der Waals surface area (Å²) in [7, 11) is 0. The van der Waals surface area contributed by atoms with Crippen molar-refractivity contribution in [2.24, 2.45) is 0 Å². The van der Waals surface area contributed by atoms with Crippen molar-refractivity contribution >= 4 is 28.5 Å². The van der Waals surface area contributed by atoms with Crippen LogP contribution < -0.4 is 5.32 Å². The molecule has 0 aliphatic heterocycles. The molecule has 0 amide bonds. The lowest BCUT2D eigenvalue weighted by Gasteiger charge is -2.02. The predicted octanol–water partition coefficient (Wildman–Crippen LogP) is 2.30. The number of anilines is 1. The van der Waals surface area contributed by atoms with E-state index in [0.29, 0.717) is 5.95 Å². The minimum absolute atomic E-state index is 0.686. The van der Waals surface area contributed by atoms with E-state index in [2.05, 4.69) is 43.8 Å². The molecule has 0 aliphatic rings. The molecule has 0 saturated heterocycles. The van der Waals surface area contributed by atoms with Gasteiger partial charge in [-0.2, -0.15) is 0 Å². The van der Waals surface area contributed by atoms with Gasteiger partial charge in [0.25, 0.3) is 0 Å². The zero-order valence-corrected chi connectivity index (χ0v) is 9.99. The Labute approximate surface area is 97.9 Å². The molecule has 0 atom stereocenters. The third kappa shape index (κ3) is 4.42. The smallest absolute Gasteiger partial charge is 0.222 e. The average Bonchev–Trinajstić information content (AvgIpc) is 2.21. The number of nitrogens with zero attached hydrogens (tertiary/aromatic N) is 2. The highest BCUT2D eigenvalue weighted by Gasteiger charge is 1.93. The average molecular weight is 301 g/mol. The van der Waals surface area contributed by atoms with E-state index in [0.717, 1.165) is 29.4 Å². The Bertz CT molecular complexity index is 302. The van der Waals surface area contributed by atoms with E-state index in [1.165, 1.54) is 0 Å². The molecule has 1 aromatic rings. The van der Waals surface area contributed by atoms with Gasteiger partial charge in [0.15, 0.2) is 0 Å². The van der Waals surface area contributed by atoms with Crippen LogP contribution in [0.4, 0.5) is 5.95 Å². The van der Waals surface area contributed by atoms with Crippen molar-refractivity contribution < 1.29 is 0 Å². The molecule has 0 aliphatic carbocycles. The maximum Gasteiger partial charge on any atom is 0.222 e. The van der Waals surface area contributed by atoms with Crippen LogP contribution in [0.1, 0.15) is 19.3 Å². The van der Waals surface area contributed by atoms with Gasteiger partial charge in [-0.3, -0.25) is 0 Å². The number of nitrogens with one attached hydrogen (secondary N) is 1. The molecule has 0 unspecified atom stereocenters. The van der Waals surface area contributed by atoms with Gasteiger partial charge in [-0.15, -0.1) is 12.3 Å². The van der Waals surface area contributed by atoms with E-state index in [1.54, 1.807) is 12.4 Å². The first-order chi connectivity index (χ1) is 6.83. The summed E-state index contributed by atoms with van der Waals surface area (Å²) in [5, 5.41) is 3.14. The number of halogens is 1. The maximum atomic E-state index is 5.14. The lowest BCUT2D eigenvalue weighted by Crippen LogP contribution is -2.04. The fraction of sp³-hybridized carbons (Fsp3) is 0.400. The first-order valence-electron chi connectivity index (χ1n) is 4.48. The minimum atomic E-state index is 0.686. The van der Waals surface area contributed by atoms with Gasteiger partial charge in [-0.1, -0.05) is 0 Å². The summed E-state index contributed by atoms with van der Waals surface area (Å²) in [5.74, 6) is 3.30. The summed E-state index contributed by atoms with van der Waals surface area (Å²) < 4.78 is 1.04. The van der Waals surface area contributed by atoms with E-state index in [4.69, 9.17) is 6.42 Å². The molecule has 0 spiro atoms. The van der Waals surface area contributed by atoms with Crippen LogP contribution in [0.2, 0.25) is 0 Å². The molecule has 0 aromatic carbocycles. The number of aromatic nitrogens is 2. The van der Waals surface area contributed by atoms with Crippen LogP contribution in [0.15, 0.2) is 12.4 Å². The second kappa shape index (κ2) is 6.60. The van der Waals surface area contributed by atoms with Crippen molar-refractivity contribution in [2.75, 3.05) is 11.9 Å². The van der Waals surface area contributed by atoms with Gasteiger partial charge < -0.3 is 5.32 Å². The molecule has 0 bridgehead atoms. The first-order valence-corrected chi connectivity index (χ1v) is 5.55. The van der Waals surface area contributed by atoms with Gasteiger partial charge in [0.2, 0.25) is 5.95 Å². The Hall–Kier alpha value is -0.830. The van der Waals surface area contributed by atoms with Gasteiger partial charge >= 0.3 is 0 Å². The highest BCUT2D eigenvalue weighted by Crippen LogP contribution is 2.03. The van der Waals surface area contributed by atoms with E-state index in [9.17, 15) is 0 Å². The van der Waals surface area contributed by atoms with Crippen LogP contribution in [0, 0.1) is 15.9 Å². The Morgan fingerprint density at radius 3 is 2.71 bits per heavy atom. The quantitative estimate of drug-likeness (QED) is 0.515. The fourth-order valence-corrected chi connectivity index (χ4v) is 1.23. The molecular weight excluding hydrogens is 289 g/mol. The molecule has 3 nitrogen and oxygen atoms in total. The van der Waals surface area contributed by atoms with Crippen molar-refractivity contribution in [3.05, 3.63) is 16.0 Å². The summed E-state index contributed by atoms with van der Waals surface area (Å²) in [6, 6.07) is 0. The number of terminal acetylenes is 1. The van der Waals surface area contributed by atoms with Crippen LogP contribution in [-0.2, 0) is 0 Å². The minimum Gasteiger partial charge on any atom is -0.354 e. The predicted molar refractivity (Wildman–Crippen MR) is 65.9 cm³/mol. The fourth-order valence-electron chi connectivity index (χ4n) is 0.956. The lowest BCUT2D eigenvalue weighted by atomic mass is 10.2. The number of unbranched alkanes of at least 4 members (excludes halogenated alkanes) is 2. The van der Waals surface area contributed by atoms with Crippen molar-refractivity contribution in [3.8, 4) is 12.3 Å². The van der Waals surface area contributed by atoms with Gasteiger partial charge in [0, 0.05) is 28.9 Å². The van der Waals surface area contributed by atoms with E-state index in [-0.39, 0.29) is 0 Å². The second-order valence-corrected chi connectivity index (χ2v) is 4.06. The van der Waals surface area contributed by atoms with Crippen molar-refractivity contribution in [1.82, 2.24) is 9.97 Å². The van der Waals surface area contributed by atoms with E-state index in [1.807, 2.05) is 0 Å². The molecule has 0 radical (unpaired) electrons. The van der Waals surface area contributed by atoms with Crippen LogP contribution >= 0.6 is 22.6 Å². The number of rotatable bonds is 5. The Balaban J connectivity index is 2.19. The van der Waals surface area contributed by atoms with Crippen molar-refractivity contribution in [1.29, 1.82) is 0 Å². The zero-order valence-electron chi connectivity index (χ0n) is 7.83. The van der Waals surface area contributed by atoms with Crippen LogP contribution in [0.25, 0.3) is 0 Å². The number of hydrogen-bond acceptors (Lipinski definition) is 3. The highest BCUT2D eigenvalue weighted by molar-refractivity contribution is 14.1. The third-order valence-corrected chi connectivity index (χ3v) is 2.21. The highest BCUT2D eigenvalue weighted by atomic mass is 127. The molecule has 1 heterocycles. The number of hydrogen-bond donors (Lipinski definition) is 1. The molecule has 4 heteroatoms. The molecule has 0 saturated carbocycles. The summed E-state index contributed by atoms with van der Waals surface area (Å²) in [6.07, 6.45) is 11.7. The SMILES string of the molecule is C#CCCCCNc1ncc(I)cn1. The van der Waals surface area contributed by atoms with Crippen LogP contribution in [0.5, 0.6) is 0 Å². The largest absolute Gasteiger partial charge is 0.354 e. The topological polar surface area (TPSA) is 37.8 Å². The van der Waals surface area contributed by atoms with Gasteiger partial charge in [-0.05, 0) is 35.4 Å². The molecular formula is C10H12IN3. The van der Waals surface area contributed by atoms with Gasteiger partial charge in [0.05, 0.1) is 0 Å². The monoisotopic (exact) mass is 301 g/mol. The van der Waals surface area contributed by atoms with Gasteiger partial charge in [0.1, 0.15) is 0 Å². The maximum absolute atomic E-state index is 5.14. The summed E-state index contributed by atoms with van der Waals surface area (Å²) >= 11 is 2.18. The molecule has 1 rings (SSSR count). The zero-order chi connectivity index (χ0) is 10.2.